The molecule has 0 spiro atoms. The first-order valence-electron chi connectivity index (χ1n) is 14.3. The number of amides is 2. The molecule has 0 aliphatic heterocycles. The van der Waals surface area contributed by atoms with E-state index in [1.807, 2.05) is 100 Å². The Labute approximate surface area is 259 Å². The molecule has 0 bridgehead atoms. The lowest BCUT2D eigenvalue weighted by molar-refractivity contribution is -0.141. The number of halogens is 1. The Balaban J connectivity index is 1.90. The summed E-state index contributed by atoms with van der Waals surface area (Å²) in [7, 11) is -3.57. The van der Waals surface area contributed by atoms with E-state index in [9.17, 15) is 18.0 Å². The van der Waals surface area contributed by atoms with E-state index in [1.165, 1.54) is 10.6 Å². The first kappa shape index (κ1) is 33.3. The van der Waals surface area contributed by atoms with Crippen LogP contribution in [0.25, 0.3) is 0 Å². The summed E-state index contributed by atoms with van der Waals surface area (Å²) >= 11 is 3.47. The normalized spacial score (nSPS) is 12.8. The first-order valence-corrected chi connectivity index (χ1v) is 17.0. The van der Waals surface area contributed by atoms with E-state index in [0.717, 1.165) is 33.1 Å². The maximum absolute atomic E-state index is 14.0. The van der Waals surface area contributed by atoms with Crippen molar-refractivity contribution in [2.45, 2.75) is 72.0 Å². The molecule has 7 nitrogen and oxygen atoms in total. The van der Waals surface area contributed by atoms with E-state index >= 15 is 0 Å². The third-order valence-electron chi connectivity index (χ3n) is 7.18. The molecule has 0 heterocycles. The van der Waals surface area contributed by atoms with Crippen LogP contribution in [0, 0.1) is 13.8 Å². The number of carbonyl (C=O) groups is 2. The van der Waals surface area contributed by atoms with Crippen molar-refractivity contribution in [3.8, 4) is 0 Å². The lowest BCUT2D eigenvalue weighted by atomic mass is 10.0. The van der Waals surface area contributed by atoms with Crippen LogP contribution in [0.15, 0.2) is 77.3 Å². The summed E-state index contributed by atoms with van der Waals surface area (Å²) in [5.74, 6) is -0.404. The number of anilines is 1. The van der Waals surface area contributed by atoms with Crippen LogP contribution in [0.4, 0.5) is 5.69 Å². The molecule has 2 unspecified atom stereocenters. The zero-order chi connectivity index (χ0) is 30.9. The average molecular weight is 657 g/mol. The van der Waals surface area contributed by atoms with E-state index in [-0.39, 0.29) is 37.4 Å². The van der Waals surface area contributed by atoms with Gasteiger partial charge in [0.05, 0.1) is 11.9 Å². The van der Waals surface area contributed by atoms with Gasteiger partial charge in [0, 0.05) is 36.4 Å². The standard InChI is InChI=1S/C33H42BrN3O4S/c1-6-26(4)35-33(39)31(22-27-11-8-7-9-12-27)36(23-28-14-16-29(34)17-15-28)32(38)13-10-18-37(42(5,40)41)30-20-24(2)19-25(3)21-30/h7-9,11-12,14-17,19-21,26,31H,6,10,13,18,22-23H2,1-5H3,(H,35,39). The van der Waals surface area contributed by atoms with E-state index in [2.05, 4.69) is 21.2 Å². The van der Waals surface area contributed by atoms with Crippen molar-refractivity contribution in [2.75, 3.05) is 17.1 Å². The van der Waals surface area contributed by atoms with Crippen molar-refractivity contribution in [3.05, 3.63) is 99.5 Å². The second-order valence-corrected chi connectivity index (χ2v) is 13.8. The maximum Gasteiger partial charge on any atom is 0.243 e. The van der Waals surface area contributed by atoms with Crippen LogP contribution in [-0.2, 0) is 32.6 Å². The van der Waals surface area contributed by atoms with Gasteiger partial charge in [-0.3, -0.25) is 13.9 Å². The van der Waals surface area contributed by atoms with E-state index in [1.54, 1.807) is 4.90 Å². The number of benzene rings is 3. The van der Waals surface area contributed by atoms with Crippen LogP contribution in [0.3, 0.4) is 0 Å². The molecule has 1 N–H and O–H groups in total. The van der Waals surface area contributed by atoms with Crippen LogP contribution in [-0.4, -0.2) is 50.0 Å². The Hall–Kier alpha value is -3.17. The molecule has 0 saturated heterocycles. The van der Waals surface area contributed by atoms with Gasteiger partial charge >= 0.3 is 0 Å². The minimum atomic E-state index is -3.57. The molecule has 2 amide bonds. The fourth-order valence-corrected chi connectivity index (χ4v) is 6.09. The van der Waals surface area contributed by atoms with Gasteiger partial charge in [-0.15, -0.1) is 0 Å². The zero-order valence-corrected chi connectivity index (χ0v) is 27.5. The van der Waals surface area contributed by atoms with Crippen LogP contribution < -0.4 is 9.62 Å². The van der Waals surface area contributed by atoms with Crippen molar-refractivity contribution >= 4 is 43.5 Å². The highest BCUT2D eigenvalue weighted by atomic mass is 79.9. The van der Waals surface area contributed by atoms with Gasteiger partial charge in [0.2, 0.25) is 21.8 Å². The molecule has 0 aromatic heterocycles. The van der Waals surface area contributed by atoms with Gasteiger partial charge in [-0.2, -0.15) is 0 Å². The molecule has 0 aliphatic carbocycles. The van der Waals surface area contributed by atoms with Gasteiger partial charge in [-0.1, -0.05) is 71.4 Å². The zero-order valence-electron chi connectivity index (χ0n) is 25.1. The second kappa shape index (κ2) is 15.3. The Morgan fingerprint density at radius 1 is 0.929 bits per heavy atom. The SMILES string of the molecule is CCC(C)NC(=O)C(Cc1ccccc1)N(Cc1ccc(Br)cc1)C(=O)CCCN(c1cc(C)cc(C)c1)S(C)(=O)=O. The summed E-state index contributed by atoms with van der Waals surface area (Å²) in [4.78, 5) is 29.3. The Morgan fingerprint density at radius 2 is 1.55 bits per heavy atom. The fraction of sp³-hybridized carbons (Fsp3) is 0.394. The average Bonchev–Trinajstić information content (AvgIpc) is 2.93. The molecule has 0 aliphatic rings. The number of hydrogen-bond donors (Lipinski definition) is 1. The third kappa shape index (κ3) is 9.98. The van der Waals surface area contributed by atoms with Crippen LogP contribution in [0.2, 0.25) is 0 Å². The Morgan fingerprint density at radius 3 is 2.12 bits per heavy atom. The minimum absolute atomic E-state index is 0.0403. The highest BCUT2D eigenvalue weighted by Crippen LogP contribution is 2.23. The third-order valence-corrected chi connectivity index (χ3v) is 8.91. The Kier molecular flexibility index (Phi) is 12.2. The monoisotopic (exact) mass is 655 g/mol. The highest BCUT2D eigenvalue weighted by Gasteiger charge is 2.31. The van der Waals surface area contributed by atoms with Crippen LogP contribution >= 0.6 is 15.9 Å². The van der Waals surface area contributed by atoms with Gasteiger partial charge in [0.1, 0.15) is 6.04 Å². The van der Waals surface area contributed by atoms with Gasteiger partial charge in [0.25, 0.3) is 0 Å². The summed E-state index contributed by atoms with van der Waals surface area (Å²) in [6.45, 7) is 8.22. The van der Waals surface area contributed by atoms with Gasteiger partial charge in [0.15, 0.2) is 0 Å². The number of hydrogen-bond acceptors (Lipinski definition) is 4. The molecular formula is C33H42BrN3O4S. The largest absolute Gasteiger partial charge is 0.352 e. The van der Waals surface area contributed by atoms with E-state index in [0.29, 0.717) is 18.5 Å². The molecule has 3 rings (SSSR count). The molecule has 9 heteroatoms. The minimum Gasteiger partial charge on any atom is -0.352 e. The summed E-state index contributed by atoms with van der Waals surface area (Å²) in [5, 5.41) is 3.08. The molecule has 3 aromatic rings. The second-order valence-electron chi connectivity index (χ2n) is 11.0. The van der Waals surface area contributed by atoms with Gasteiger partial charge in [-0.05, 0) is 80.1 Å². The predicted octanol–water partition coefficient (Wildman–Crippen LogP) is 6.17. The predicted molar refractivity (Wildman–Crippen MR) is 174 cm³/mol. The fourth-order valence-electron chi connectivity index (χ4n) is 4.88. The quantitative estimate of drug-likeness (QED) is 0.225. The Bertz CT molecular complexity index is 1430. The van der Waals surface area contributed by atoms with Crippen molar-refractivity contribution in [1.29, 1.82) is 0 Å². The lowest BCUT2D eigenvalue weighted by Crippen LogP contribution is -2.52. The summed E-state index contributed by atoms with van der Waals surface area (Å²) in [6.07, 6.45) is 2.71. The molecule has 0 saturated carbocycles. The number of carbonyl (C=O) groups excluding carboxylic acids is 2. The number of nitrogens with one attached hydrogen (secondary N) is 1. The smallest absolute Gasteiger partial charge is 0.243 e. The highest BCUT2D eigenvalue weighted by molar-refractivity contribution is 9.10. The number of rotatable bonds is 14. The van der Waals surface area contributed by atoms with Crippen LogP contribution in [0.1, 0.15) is 55.4 Å². The van der Waals surface area contributed by atoms with E-state index < -0.39 is 16.1 Å². The van der Waals surface area contributed by atoms with Crippen molar-refractivity contribution in [3.63, 3.8) is 0 Å². The number of sulfonamides is 1. The van der Waals surface area contributed by atoms with Gasteiger partial charge in [-0.25, -0.2) is 8.42 Å². The van der Waals surface area contributed by atoms with Crippen molar-refractivity contribution in [2.24, 2.45) is 0 Å². The molecule has 0 radical (unpaired) electrons. The summed E-state index contributed by atoms with van der Waals surface area (Å²) in [5.41, 5.74) is 4.37. The lowest BCUT2D eigenvalue weighted by Gasteiger charge is -2.32. The van der Waals surface area contributed by atoms with Gasteiger partial charge < -0.3 is 10.2 Å². The topological polar surface area (TPSA) is 86.8 Å². The van der Waals surface area contributed by atoms with E-state index in [4.69, 9.17) is 0 Å². The maximum atomic E-state index is 14.0. The molecular weight excluding hydrogens is 614 g/mol. The first-order chi connectivity index (χ1) is 19.9. The summed E-state index contributed by atoms with van der Waals surface area (Å²) in [6, 6.07) is 22.3. The van der Waals surface area contributed by atoms with Crippen LogP contribution in [0.5, 0.6) is 0 Å². The molecule has 0 fully saturated rings. The molecule has 42 heavy (non-hydrogen) atoms. The molecule has 3 aromatic carbocycles. The molecule has 226 valence electrons. The molecule has 2 atom stereocenters. The van der Waals surface area contributed by atoms with Crippen molar-refractivity contribution < 1.29 is 18.0 Å². The number of nitrogens with zero attached hydrogens (tertiary/aromatic N) is 2. The number of aryl methyl sites for hydroxylation is 2. The van der Waals surface area contributed by atoms with Crippen molar-refractivity contribution in [1.82, 2.24) is 10.2 Å². The summed E-state index contributed by atoms with van der Waals surface area (Å²) < 4.78 is 27.8.